The maximum absolute atomic E-state index is 11.8. The second-order valence-electron chi connectivity index (χ2n) is 2.53. The molecular formula is C9H8FN3O2. The molecule has 0 radical (unpaired) electrons. The average Bonchev–Trinajstić information content (AvgIpc) is 2.28. The van der Waals surface area contributed by atoms with E-state index >= 15 is 0 Å². The van der Waals surface area contributed by atoms with Crippen LogP contribution in [0.2, 0.25) is 0 Å². The van der Waals surface area contributed by atoms with Gasteiger partial charge in [-0.05, 0) is 24.3 Å². The lowest BCUT2D eigenvalue weighted by atomic mass is 10.3. The van der Waals surface area contributed by atoms with Crippen molar-refractivity contribution in [3.8, 4) is 11.8 Å². The Kier molecular flexibility index (Phi) is 3.60. The van der Waals surface area contributed by atoms with Gasteiger partial charge in [-0.1, -0.05) is 0 Å². The number of carbonyl (C=O) groups is 1. The van der Waals surface area contributed by atoms with Gasteiger partial charge < -0.3 is 4.74 Å². The number of benzene rings is 1. The second kappa shape index (κ2) is 4.93. The third-order valence-electron chi connectivity index (χ3n) is 1.65. The highest BCUT2D eigenvalue weighted by molar-refractivity contribution is 6.03. The lowest BCUT2D eigenvalue weighted by molar-refractivity contribution is -0.113. The van der Waals surface area contributed by atoms with Crippen molar-refractivity contribution in [2.75, 3.05) is 11.9 Å². The van der Waals surface area contributed by atoms with Crippen molar-refractivity contribution in [1.29, 1.82) is 5.26 Å². The number of hydrogen-bond acceptors (Lipinski definition) is 4. The molecule has 0 aliphatic rings. The van der Waals surface area contributed by atoms with Gasteiger partial charge in [-0.3, -0.25) is 4.79 Å². The van der Waals surface area contributed by atoms with Gasteiger partial charge in [-0.25, -0.2) is 15.2 Å². The molecule has 2 N–H and O–H groups in total. The van der Waals surface area contributed by atoms with Crippen molar-refractivity contribution in [1.82, 2.24) is 0 Å². The van der Waals surface area contributed by atoms with Crippen LogP contribution in [0.15, 0.2) is 24.3 Å². The molecule has 0 saturated carbocycles. The van der Waals surface area contributed by atoms with E-state index in [2.05, 4.69) is 4.74 Å². The van der Waals surface area contributed by atoms with E-state index in [0.717, 1.165) is 0 Å². The van der Waals surface area contributed by atoms with Crippen LogP contribution in [0, 0.1) is 11.3 Å². The number of alkyl halides is 1. The SMILES string of the molecule is N#CC(=O)N(N)c1ccc(OCF)cc1. The molecule has 1 amide bonds. The molecule has 6 heteroatoms. The first-order valence-corrected chi connectivity index (χ1v) is 3.96. The molecule has 0 aromatic heterocycles. The number of hydrazine groups is 1. The zero-order valence-electron chi connectivity index (χ0n) is 7.68. The van der Waals surface area contributed by atoms with Crippen LogP contribution in [-0.2, 0) is 4.79 Å². The van der Waals surface area contributed by atoms with Gasteiger partial charge in [0.05, 0.1) is 5.69 Å². The lowest BCUT2D eigenvalue weighted by Gasteiger charge is -2.12. The van der Waals surface area contributed by atoms with Crippen molar-refractivity contribution in [3.63, 3.8) is 0 Å². The number of halogens is 1. The summed E-state index contributed by atoms with van der Waals surface area (Å²) in [5, 5.41) is 9.00. The van der Waals surface area contributed by atoms with E-state index < -0.39 is 12.8 Å². The quantitative estimate of drug-likeness (QED) is 0.344. The van der Waals surface area contributed by atoms with Gasteiger partial charge in [0.15, 0.2) is 6.07 Å². The van der Waals surface area contributed by atoms with Crippen LogP contribution in [0.3, 0.4) is 0 Å². The number of nitrogens with zero attached hydrogens (tertiary/aromatic N) is 2. The fraction of sp³-hybridized carbons (Fsp3) is 0.111. The predicted octanol–water partition coefficient (Wildman–Crippen LogP) is 0.723. The summed E-state index contributed by atoms with van der Waals surface area (Å²) >= 11 is 0. The van der Waals surface area contributed by atoms with Gasteiger partial charge in [0.2, 0.25) is 6.86 Å². The van der Waals surface area contributed by atoms with Crippen LogP contribution >= 0.6 is 0 Å². The molecule has 0 fully saturated rings. The van der Waals surface area contributed by atoms with Crippen LogP contribution < -0.4 is 15.6 Å². The minimum atomic E-state index is -0.928. The number of amides is 1. The molecule has 0 heterocycles. The first kappa shape index (κ1) is 10.9. The summed E-state index contributed by atoms with van der Waals surface area (Å²) in [7, 11) is 0. The third-order valence-corrected chi connectivity index (χ3v) is 1.65. The summed E-state index contributed by atoms with van der Waals surface area (Å²) in [5.74, 6) is 4.76. The first-order chi connectivity index (χ1) is 7.19. The van der Waals surface area contributed by atoms with Gasteiger partial charge in [0.1, 0.15) is 5.75 Å². The van der Waals surface area contributed by atoms with Crippen molar-refractivity contribution >= 4 is 11.6 Å². The Morgan fingerprint density at radius 2 is 2.13 bits per heavy atom. The van der Waals surface area contributed by atoms with E-state index in [4.69, 9.17) is 11.1 Å². The molecule has 0 spiro atoms. The first-order valence-electron chi connectivity index (χ1n) is 3.96. The number of nitriles is 1. The Bertz CT molecular complexity index is 385. The van der Waals surface area contributed by atoms with Crippen molar-refractivity contribution in [3.05, 3.63) is 24.3 Å². The Morgan fingerprint density at radius 1 is 1.53 bits per heavy atom. The number of anilines is 1. The smallest absolute Gasteiger partial charge is 0.343 e. The van der Waals surface area contributed by atoms with E-state index in [0.29, 0.717) is 16.4 Å². The second-order valence-corrected chi connectivity index (χ2v) is 2.53. The number of rotatable bonds is 3. The standard InChI is InChI=1S/C9H8FN3O2/c10-6-15-8-3-1-7(2-4-8)13(12)9(14)5-11/h1-4H,6,12H2. The van der Waals surface area contributed by atoms with Gasteiger partial charge in [0.25, 0.3) is 0 Å². The largest absolute Gasteiger partial charge is 0.463 e. The number of nitrogens with two attached hydrogens (primary N) is 1. The molecule has 0 bridgehead atoms. The van der Waals surface area contributed by atoms with Gasteiger partial charge in [0, 0.05) is 0 Å². The van der Waals surface area contributed by atoms with Gasteiger partial charge >= 0.3 is 5.91 Å². The van der Waals surface area contributed by atoms with Gasteiger partial charge in [-0.2, -0.15) is 5.26 Å². The van der Waals surface area contributed by atoms with E-state index in [-0.39, 0.29) is 0 Å². The van der Waals surface area contributed by atoms with Crippen molar-refractivity contribution in [2.45, 2.75) is 0 Å². The molecule has 0 aliphatic carbocycles. The summed E-state index contributed by atoms with van der Waals surface area (Å²) in [4.78, 5) is 10.9. The van der Waals surface area contributed by atoms with Crippen molar-refractivity contribution in [2.24, 2.45) is 5.84 Å². The molecule has 0 unspecified atom stereocenters. The van der Waals surface area contributed by atoms with Crippen LogP contribution in [0.4, 0.5) is 10.1 Å². The van der Waals surface area contributed by atoms with Crippen LogP contribution in [-0.4, -0.2) is 12.8 Å². The monoisotopic (exact) mass is 209 g/mol. The van der Waals surface area contributed by atoms with E-state index in [1.54, 1.807) is 0 Å². The normalized spacial score (nSPS) is 9.13. The van der Waals surface area contributed by atoms with E-state index in [1.807, 2.05) is 0 Å². The minimum Gasteiger partial charge on any atom is -0.463 e. The Labute approximate surface area is 85.4 Å². The molecule has 1 aromatic rings. The van der Waals surface area contributed by atoms with Gasteiger partial charge in [-0.15, -0.1) is 0 Å². The zero-order valence-corrected chi connectivity index (χ0v) is 7.68. The topological polar surface area (TPSA) is 79.4 Å². The zero-order chi connectivity index (χ0) is 11.3. The molecular weight excluding hydrogens is 201 g/mol. The molecule has 1 rings (SSSR count). The highest BCUT2D eigenvalue weighted by atomic mass is 19.1. The molecule has 0 saturated heterocycles. The fourth-order valence-corrected chi connectivity index (χ4v) is 0.937. The third kappa shape index (κ3) is 2.65. The predicted molar refractivity (Wildman–Crippen MR) is 50.3 cm³/mol. The van der Waals surface area contributed by atoms with Crippen LogP contribution in [0.25, 0.3) is 0 Å². The van der Waals surface area contributed by atoms with E-state index in [1.165, 1.54) is 30.3 Å². The fourth-order valence-electron chi connectivity index (χ4n) is 0.937. The summed E-state index contributed by atoms with van der Waals surface area (Å²) < 4.78 is 16.3. The molecule has 0 aliphatic heterocycles. The Balaban J connectivity index is 2.80. The lowest BCUT2D eigenvalue weighted by Crippen LogP contribution is -2.36. The summed E-state index contributed by atoms with van der Waals surface area (Å²) in [6.45, 7) is -0.928. The van der Waals surface area contributed by atoms with Crippen LogP contribution in [0.1, 0.15) is 0 Å². The molecule has 5 nitrogen and oxygen atoms in total. The highest BCUT2D eigenvalue weighted by Gasteiger charge is 2.09. The average molecular weight is 209 g/mol. The number of carbonyl (C=O) groups excluding carboxylic acids is 1. The summed E-state index contributed by atoms with van der Waals surface area (Å²) in [5.41, 5.74) is 0.327. The Morgan fingerprint density at radius 3 is 2.60 bits per heavy atom. The molecule has 15 heavy (non-hydrogen) atoms. The maximum Gasteiger partial charge on any atom is 0.343 e. The number of ether oxygens (including phenoxy) is 1. The van der Waals surface area contributed by atoms with Crippen LogP contribution in [0.5, 0.6) is 5.75 Å². The Hall–Kier alpha value is -2.13. The van der Waals surface area contributed by atoms with E-state index in [9.17, 15) is 9.18 Å². The summed E-state index contributed by atoms with van der Waals surface area (Å²) in [6, 6.07) is 7.15. The molecule has 1 aromatic carbocycles. The summed E-state index contributed by atoms with van der Waals surface area (Å²) in [6.07, 6.45) is 0. The molecule has 78 valence electrons. The number of hydrogen-bond donors (Lipinski definition) is 1. The highest BCUT2D eigenvalue weighted by Crippen LogP contribution is 2.17. The maximum atomic E-state index is 11.8. The minimum absolute atomic E-state index is 0.319. The molecule has 0 atom stereocenters. The van der Waals surface area contributed by atoms with Crippen molar-refractivity contribution < 1.29 is 13.9 Å².